The highest BCUT2D eigenvalue weighted by Gasteiger charge is 2.30. The normalized spacial score (nSPS) is 17.4. The molecule has 0 bridgehead atoms. The predicted molar refractivity (Wildman–Crippen MR) is 88.2 cm³/mol. The van der Waals surface area contributed by atoms with Crippen molar-refractivity contribution in [2.75, 3.05) is 6.54 Å². The SMILES string of the molecule is O=C(O)CC1CCCN1C(=O)Cc1csc(-c2ccccc2)n1. The molecule has 1 saturated heterocycles. The first-order valence-corrected chi connectivity index (χ1v) is 8.52. The van der Waals surface area contributed by atoms with Crippen molar-refractivity contribution in [2.45, 2.75) is 31.7 Å². The smallest absolute Gasteiger partial charge is 0.305 e. The lowest BCUT2D eigenvalue weighted by molar-refractivity contribution is -0.139. The molecule has 1 aromatic heterocycles. The maximum atomic E-state index is 12.5. The van der Waals surface area contributed by atoms with E-state index in [2.05, 4.69) is 4.98 Å². The number of nitrogens with zero attached hydrogens (tertiary/aromatic N) is 2. The van der Waals surface area contributed by atoms with Crippen LogP contribution in [0.5, 0.6) is 0 Å². The number of aliphatic carboxylic acids is 1. The second kappa shape index (κ2) is 6.91. The summed E-state index contributed by atoms with van der Waals surface area (Å²) in [6.45, 7) is 0.645. The van der Waals surface area contributed by atoms with Crippen molar-refractivity contribution >= 4 is 23.2 Å². The third-order valence-electron chi connectivity index (χ3n) is 4.01. The van der Waals surface area contributed by atoms with Crippen molar-refractivity contribution in [3.05, 3.63) is 41.4 Å². The van der Waals surface area contributed by atoms with Gasteiger partial charge in [-0.15, -0.1) is 11.3 Å². The van der Waals surface area contributed by atoms with Crippen LogP contribution in [0, 0.1) is 0 Å². The van der Waals surface area contributed by atoms with Gasteiger partial charge >= 0.3 is 5.97 Å². The van der Waals surface area contributed by atoms with Gasteiger partial charge in [-0.25, -0.2) is 4.98 Å². The minimum atomic E-state index is -0.852. The van der Waals surface area contributed by atoms with Gasteiger partial charge < -0.3 is 10.0 Å². The van der Waals surface area contributed by atoms with E-state index in [4.69, 9.17) is 5.11 Å². The molecule has 1 N–H and O–H groups in total. The summed E-state index contributed by atoms with van der Waals surface area (Å²) in [5.41, 5.74) is 1.79. The number of benzene rings is 1. The Hall–Kier alpha value is -2.21. The topological polar surface area (TPSA) is 70.5 Å². The molecule has 0 spiro atoms. The predicted octanol–water partition coefficient (Wildman–Crippen LogP) is 2.82. The number of carboxylic acids is 1. The molecule has 1 aromatic carbocycles. The van der Waals surface area contributed by atoms with Crippen molar-refractivity contribution in [1.29, 1.82) is 0 Å². The molecule has 1 amide bonds. The van der Waals surface area contributed by atoms with Gasteiger partial charge in [0, 0.05) is 23.5 Å². The van der Waals surface area contributed by atoms with Gasteiger partial charge in [0.15, 0.2) is 0 Å². The molecule has 2 aromatic rings. The zero-order valence-electron chi connectivity index (χ0n) is 12.6. The molecule has 1 aliphatic heterocycles. The van der Waals surface area contributed by atoms with Crippen LogP contribution in [-0.2, 0) is 16.0 Å². The van der Waals surface area contributed by atoms with Crippen LogP contribution in [0.2, 0.25) is 0 Å². The van der Waals surface area contributed by atoms with E-state index < -0.39 is 5.97 Å². The molecule has 0 radical (unpaired) electrons. The molecule has 120 valence electrons. The number of thiazole rings is 1. The quantitative estimate of drug-likeness (QED) is 0.915. The lowest BCUT2D eigenvalue weighted by Gasteiger charge is -2.23. The third kappa shape index (κ3) is 3.76. The maximum absolute atomic E-state index is 12.5. The molecule has 1 fully saturated rings. The van der Waals surface area contributed by atoms with E-state index >= 15 is 0 Å². The number of carboxylic acid groups (broad SMARTS) is 1. The molecular formula is C17H18N2O3S. The Bertz CT molecular complexity index is 699. The molecule has 6 heteroatoms. The second-order valence-electron chi connectivity index (χ2n) is 5.67. The zero-order chi connectivity index (χ0) is 16.2. The summed E-state index contributed by atoms with van der Waals surface area (Å²) in [6.07, 6.45) is 1.90. The summed E-state index contributed by atoms with van der Waals surface area (Å²) in [4.78, 5) is 29.6. The standard InChI is InChI=1S/C17H18N2O3S/c20-15(19-8-4-7-14(19)10-16(21)22)9-13-11-23-17(18-13)12-5-2-1-3-6-12/h1-3,5-6,11,14H,4,7-10H2,(H,21,22). The summed E-state index contributed by atoms with van der Waals surface area (Å²) >= 11 is 1.52. The Balaban J connectivity index is 1.66. The molecule has 1 atom stereocenters. The van der Waals surface area contributed by atoms with Gasteiger partial charge in [0.2, 0.25) is 5.91 Å². The monoisotopic (exact) mass is 330 g/mol. The van der Waals surface area contributed by atoms with Crippen LogP contribution in [0.4, 0.5) is 0 Å². The van der Waals surface area contributed by atoms with Crippen LogP contribution in [0.15, 0.2) is 35.7 Å². The zero-order valence-corrected chi connectivity index (χ0v) is 13.5. The molecule has 5 nitrogen and oxygen atoms in total. The highest BCUT2D eigenvalue weighted by atomic mass is 32.1. The summed E-state index contributed by atoms with van der Waals surface area (Å²) in [7, 11) is 0. The average molecular weight is 330 g/mol. The molecule has 2 heterocycles. The Labute approximate surface area is 138 Å². The molecule has 0 aliphatic carbocycles. The lowest BCUT2D eigenvalue weighted by atomic mass is 10.1. The first-order chi connectivity index (χ1) is 11.1. The first-order valence-electron chi connectivity index (χ1n) is 7.64. The number of carbonyl (C=O) groups is 2. The number of hydrogen-bond donors (Lipinski definition) is 1. The maximum Gasteiger partial charge on any atom is 0.305 e. The highest BCUT2D eigenvalue weighted by molar-refractivity contribution is 7.13. The number of hydrogen-bond acceptors (Lipinski definition) is 4. The number of aromatic nitrogens is 1. The fourth-order valence-electron chi connectivity index (χ4n) is 2.94. The van der Waals surface area contributed by atoms with Crippen LogP contribution >= 0.6 is 11.3 Å². The fraction of sp³-hybridized carbons (Fsp3) is 0.353. The molecule has 1 unspecified atom stereocenters. The van der Waals surface area contributed by atoms with Gasteiger partial charge in [-0.1, -0.05) is 30.3 Å². The van der Waals surface area contributed by atoms with Crippen molar-refractivity contribution in [3.63, 3.8) is 0 Å². The van der Waals surface area contributed by atoms with Gasteiger partial charge in [-0.05, 0) is 12.8 Å². The van der Waals surface area contributed by atoms with E-state index in [1.54, 1.807) is 4.90 Å². The average Bonchev–Trinajstić information content (AvgIpc) is 3.17. The van der Waals surface area contributed by atoms with Gasteiger partial charge in [-0.2, -0.15) is 0 Å². The largest absolute Gasteiger partial charge is 0.481 e. The molecule has 23 heavy (non-hydrogen) atoms. The Morgan fingerprint density at radius 2 is 2.09 bits per heavy atom. The van der Waals surface area contributed by atoms with Crippen molar-refractivity contribution in [1.82, 2.24) is 9.88 Å². The van der Waals surface area contributed by atoms with Crippen LogP contribution in [-0.4, -0.2) is 39.5 Å². The Morgan fingerprint density at radius 1 is 1.30 bits per heavy atom. The summed E-state index contributed by atoms with van der Waals surface area (Å²) in [6, 6.07) is 9.69. The van der Waals surface area contributed by atoms with Gasteiger partial charge in [0.1, 0.15) is 5.01 Å². The number of rotatable bonds is 5. The molecule has 0 saturated carbocycles. The van der Waals surface area contributed by atoms with Crippen LogP contribution in [0.3, 0.4) is 0 Å². The first kappa shape index (κ1) is 15.7. The summed E-state index contributed by atoms with van der Waals surface area (Å²) in [5, 5.41) is 11.7. The van der Waals surface area contributed by atoms with Gasteiger partial charge in [0.25, 0.3) is 0 Å². The Morgan fingerprint density at radius 3 is 2.83 bits per heavy atom. The lowest BCUT2D eigenvalue weighted by Crippen LogP contribution is -2.37. The third-order valence-corrected chi connectivity index (χ3v) is 4.95. The van der Waals surface area contributed by atoms with Crippen LogP contribution in [0.25, 0.3) is 10.6 Å². The van der Waals surface area contributed by atoms with E-state index in [9.17, 15) is 9.59 Å². The van der Waals surface area contributed by atoms with E-state index in [1.807, 2.05) is 35.7 Å². The molecule has 1 aliphatic rings. The molecule has 3 rings (SSSR count). The minimum Gasteiger partial charge on any atom is -0.481 e. The van der Waals surface area contributed by atoms with E-state index in [1.165, 1.54) is 11.3 Å². The number of amides is 1. The van der Waals surface area contributed by atoms with Gasteiger partial charge in [-0.3, -0.25) is 9.59 Å². The Kier molecular flexibility index (Phi) is 4.71. The van der Waals surface area contributed by atoms with E-state index in [-0.39, 0.29) is 24.8 Å². The fourth-order valence-corrected chi connectivity index (χ4v) is 3.76. The van der Waals surface area contributed by atoms with Crippen LogP contribution < -0.4 is 0 Å². The number of likely N-dealkylation sites (tertiary alicyclic amines) is 1. The van der Waals surface area contributed by atoms with E-state index in [0.29, 0.717) is 6.54 Å². The summed E-state index contributed by atoms with van der Waals surface area (Å²) in [5.74, 6) is -0.881. The number of carbonyl (C=O) groups excluding carboxylic acids is 1. The van der Waals surface area contributed by atoms with E-state index in [0.717, 1.165) is 29.1 Å². The van der Waals surface area contributed by atoms with Crippen molar-refractivity contribution in [3.8, 4) is 10.6 Å². The minimum absolute atomic E-state index is 0.0259. The van der Waals surface area contributed by atoms with Crippen molar-refractivity contribution in [2.24, 2.45) is 0 Å². The van der Waals surface area contributed by atoms with Gasteiger partial charge in [0.05, 0.1) is 18.5 Å². The summed E-state index contributed by atoms with van der Waals surface area (Å²) < 4.78 is 0. The second-order valence-corrected chi connectivity index (χ2v) is 6.53. The highest BCUT2D eigenvalue weighted by Crippen LogP contribution is 2.25. The molecular weight excluding hydrogens is 312 g/mol. The van der Waals surface area contributed by atoms with Crippen LogP contribution in [0.1, 0.15) is 25.0 Å². The van der Waals surface area contributed by atoms with Crippen molar-refractivity contribution < 1.29 is 14.7 Å².